The Labute approximate surface area is 114 Å². The number of amides is 1. The molecule has 0 saturated heterocycles. The molecule has 2 N–H and O–H groups in total. The maximum absolute atomic E-state index is 11.3. The van der Waals surface area contributed by atoms with E-state index in [2.05, 4.69) is 24.6 Å². The molecule has 110 valence electrons. The highest BCUT2D eigenvalue weighted by Gasteiger charge is 2.25. The van der Waals surface area contributed by atoms with Gasteiger partial charge in [0.25, 0.3) is 5.88 Å². The van der Waals surface area contributed by atoms with Gasteiger partial charge >= 0.3 is 6.09 Å². The molecule has 0 radical (unpaired) electrons. The maximum atomic E-state index is 11.3. The molecular formula is C13H24N2O4. The first-order valence-electron chi connectivity index (χ1n) is 6.90. The lowest BCUT2D eigenvalue weighted by molar-refractivity contribution is -0.0713. The van der Waals surface area contributed by atoms with Crippen molar-refractivity contribution in [3.63, 3.8) is 0 Å². The van der Waals surface area contributed by atoms with E-state index >= 15 is 0 Å². The molecule has 2 atom stereocenters. The molecule has 0 saturated carbocycles. The summed E-state index contributed by atoms with van der Waals surface area (Å²) in [7, 11) is 0. The summed E-state index contributed by atoms with van der Waals surface area (Å²) in [5.74, 6) is 0.321. The minimum Gasteiger partial charge on any atom is -0.489 e. The summed E-state index contributed by atoms with van der Waals surface area (Å²) in [5, 5.41) is 2.62. The molecule has 19 heavy (non-hydrogen) atoms. The van der Waals surface area contributed by atoms with E-state index in [0.29, 0.717) is 12.4 Å². The highest BCUT2D eigenvalue weighted by atomic mass is 16.7. The zero-order valence-corrected chi connectivity index (χ0v) is 11.9. The van der Waals surface area contributed by atoms with Crippen LogP contribution in [0.5, 0.6) is 0 Å². The molecule has 0 aromatic rings. The summed E-state index contributed by atoms with van der Waals surface area (Å²) in [6.45, 7) is 6.69. The molecule has 6 nitrogen and oxygen atoms in total. The Kier molecular flexibility index (Phi) is 6.92. The van der Waals surface area contributed by atoms with Crippen molar-refractivity contribution in [1.29, 1.82) is 0 Å². The zero-order chi connectivity index (χ0) is 14.1. The Bertz CT molecular complexity index is 307. The van der Waals surface area contributed by atoms with Gasteiger partial charge in [-0.2, -0.15) is 5.48 Å². The predicted octanol–water partition coefficient (Wildman–Crippen LogP) is 2.42. The van der Waals surface area contributed by atoms with Gasteiger partial charge < -0.3 is 19.6 Å². The first kappa shape index (κ1) is 15.5. The normalized spacial score (nSPS) is 21.7. The van der Waals surface area contributed by atoms with Crippen molar-refractivity contribution in [2.24, 2.45) is 0 Å². The lowest BCUT2D eigenvalue weighted by Crippen LogP contribution is -2.37. The molecule has 1 aliphatic heterocycles. The van der Waals surface area contributed by atoms with E-state index in [1.807, 2.05) is 6.92 Å². The smallest absolute Gasteiger partial charge is 0.431 e. The summed E-state index contributed by atoms with van der Waals surface area (Å²) < 4.78 is 11.1. The molecule has 1 rings (SSSR count). The molecule has 0 aromatic heterocycles. The molecule has 0 bridgehead atoms. The second-order valence-electron chi connectivity index (χ2n) is 4.54. The van der Waals surface area contributed by atoms with E-state index in [-0.39, 0.29) is 12.2 Å². The van der Waals surface area contributed by atoms with Gasteiger partial charge in [-0.05, 0) is 19.8 Å². The van der Waals surface area contributed by atoms with Gasteiger partial charge in [0, 0.05) is 6.54 Å². The van der Waals surface area contributed by atoms with Crippen LogP contribution in [0.25, 0.3) is 0 Å². The quantitative estimate of drug-likeness (QED) is 0.550. The van der Waals surface area contributed by atoms with Crippen molar-refractivity contribution in [2.75, 3.05) is 6.54 Å². The third-order valence-electron chi connectivity index (χ3n) is 2.81. The minimum atomic E-state index is -0.524. The molecule has 1 heterocycles. The number of carbonyl (C=O) groups is 1. The van der Waals surface area contributed by atoms with Gasteiger partial charge in [-0.3, -0.25) is 0 Å². The van der Waals surface area contributed by atoms with Crippen LogP contribution in [0.2, 0.25) is 0 Å². The SMILES string of the molecule is CCCCNC(=O)ONC1=COC(C)C(CCC)O1. The third kappa shape index (κ3) is 5.72. The van der Waals surface area contributed by atoms with Gasteiger partial charge in [-0.25, -0.2) is 4.79 Å². The summed E-state index contributed by atoms with van der Waals surface area (Å²) in [6, 6.07) is 0. The van der Waals surface area contributed by atoms with E-state index < -0.39 is 6.09 Å². The fourth-order valence-electron chi connectivity index (χ4n) is 1.67. The fraction of sp³-hybridized carbons (Fsp3) is 0.769. The van der Waals surface area contributed by atoms with Crippen LogP contribution in [-0.4, -0.2) is 24.8 Å². The predicted molar refractivity (Wildman–Crippen MR) is 70.9 cm³/mol. The van der Waals surface area contributed by atoms with Crippen LogP contribution in [0, 0.1) is 0 Å². The van der Waals surface area contributed by atoms with Crippen molar-refractivity contribution >= 4 is 6.09 Å². The van der Waals surface area contributed by atoms with Crippen LogP contribution in [0.1, 0.15) is 46.5 Å². The average molecular weight is 272 g/mol. The van der Waals surface area contributed by atoms with Gasteiger partial charge in [0.05, 0.1) is 0 Å². The van der Waals surface area contributed by atoms with Crippen molar-refractivity contribution < 1.29 is 19.1 Å². The van der Waals surface area contributed by atoms with E-state index in [1.165, 1.54) is 6.26 Å². The Morgan fingerprint density at radius 3 is 2.89 bits per heavy atom. The lowest BCUT2D eigenvalue weighted by atomic mass is 10.1. The Morgan fingerprint density at radius 1 is 1.42 bits per heavy atom. The van der Waals surface area contributed by atoms with Crippen LogP contribution in [0.15, 0.2) is 12.1 Å². The summed E-state index contributed by atoms with van der Waals surface area (Å²) >= 11 is 0. The molecule has 0 fully saturated rings. The second kappa shape index (κ2) is 8.50. The Hall–Kier alpha value is -1.59. The van der Waals surface area contributed by atoms with Crippen LogP contribution < -0.4 is 10.8 Å². The lowest BCUT2D eigenvalue weighted by Gasteiger charge is -2.29. The molecular weight excluding hydrogens is 248 g/mol. The Morgan fingerprint density at radius 2 is 2.21 bits per heavy atom. The average Bonchev–Trinajstić information content (AvgIpc) is 2.40. The van der Waals surface area contributed by atoms with E-state index in [9.17, 15) is 4.79 Å². The summed E-state index contributed by atoms with van der Waals surface area (Å²) in [6.07, 6.45) is 4.72. The first-order valence-corrected chi connectivity index (χ1v) is 6.90. The molecule has 2 unspecified atom stereocenters. The van der Waals surface area contributed by atoms with Crippen LogP contribution in [0.3, 0.4) is 0 Å². The monoisotopic (exact) mass is 272 g/mol. The number of nitrogens with one attached hydrogen (secondary N) is 2. The van der Waals surface area contributed by atoms with Crippen LogP contribution >= 0.6 is 0 Å². The van der Waals surface area contributed by atoms with Gasteiger partial charge in [0.15, 0.2) is 0 Å². The van der Waals surface area contributed by atoms with Crippen molar-refractivity contribution in [3.8, 4) is 0 Å². The maximum Gasteiger partial charge on any atom is 0.431 e. The van der Waals surface area contributed by atoms with Crippen LogP contribution in [0.4, 0.5) is 4.79 Å². The standard InChI is InChI=1S/C13H24N2O4/c1-4-6-8-14-13(16)19-15-12-9-17-10(3)11(18-12)7-5-2/h9-11,15H,4-8H2,1-3H3,(H,14,16). The topological polar surface area (TPSA) is 68.8 Å². The second-order valence-corrected chi connectivity index (χ2v) is 4.54. The van der Waals surface area contributed by atoms with Crippen molar-refractivity contribution in [1.82, 2.24) is 10.8 Å². The van der Waals surface area contributed by atoms with E-state index in [0.717, 1.165) is 25.7 Å². The number of hydrogen-bond acceptors (Lipinski definition) is 5. The van der Waals surface area contributed by atoms with Gasteiger partial charge in [-0.15, -0.1) is 0 Å². The fourth-order valence-corrected chi connectivity index (χ4v) is 1.67. The van der Waals surface area contributed by atoms with Gasteiger partial charge in [0.2, 0.25) is 0 Å². The summed E-state index contributed by atoms with van der Waals surface area (Å²) in [4.78, 5) is 16.1. The largest absolute Gasteiger partial charge is 0.489 e. The molecule has 1 amide bonds. The number of hydrogen-bond donors (Lipinski definition) is 2. The number of ether oxygens (including phenoxy) is 2. The third-order valence-corrected chi connectivity index (χ3v) is 2.81. The van der Waals surface area contributed by atoms with Crippen molar-refractivity contribution in [2.45, 2.75) is 58.7 Å². The van der Waals surface area contributed by atoms with E-state index in [4.69, 9.17) is 14.3 Å². The summed E-state index contributed by atoms with van der Waals surface area (Å²) in [5.41, 5.74) is 2.46. The number of carbonyl (C=O) groups excluding carboxylic acids is 1. The zero-order valence-electron chi connectivity index (χ0n) is 11.9. The van der Waals surface area contributed by atoms with Crippen LogP contribution in [-0.2, 0) is 14.3 Å². The van der Waals surface area contributed by atoms with Gasteiger partial charge in [0.1, 0.15) is 18.5 Å². The highest BCUT2D eigenvalue weighted by Crippen LogP contribution is 2.18. The minimum absolute atomic E-state index is 0.00359. The van der Waals surface area contributed by atoms with Crippen molar-refractivity contribution in [3.05, 3.63) is 12.1 Å². The van der Waals surface area contributed by atoms with E-state index in [1.54, 1.807) is 0 Å². The number of hydroxylamine groups is 1. The number of rotatable bonds is 7. The number of unbranched alkanes of at least 4 members (excludes halogenated alkanes) is 1. The van der Waals surface area contributed by atoms with Gasteiger partial charge in [-0.1, -0.05) is 26.7 Å². The molecule has 0 aromatic carbocycles. The first-order chi connectivity index (χ1) is 9.17. The molecule has 0 aliphatic carbocycles. The Balaban J connectivity index is 2.27. The molecule has 1 aliphatic rings. The molecule has 0 spiro atoms. The molecule has 6 heteroatoms. The highest BCUT2D eigenvalue weighted by molar-refractivity contribution is 5.66.